The maximum Gasteiger partial charge on any atom is 0.306 e. The number of fused-ring (bicyclic) bond motifs is 1. The highest BCUT2D eigenvalue weighted by molar-refractivity contribution is 6.02. The van der Waals surface area contributed by atoms with Crippen LogP contribution in [0.3, 0.4) is 0 Å². The number of carbonyl (C=O) groups is 3. The summed E-state index contributed by atoms with van der Waals surface area (Å²) in [5.41, 5.74) is 0.870. The maximum absolute atomic E-state index is 12.2. The van der Waals surface area contributed by atoms with Gasteiger partial charge in [0.15, 0.2) is 12.4 Å². The average molecular weight is 315 g/mol. The molecule has 0 radical (unpaired) electrons. The quantitative estimate of drug-likeness (QED) is 0.453. The molecule has 1 aliphatic rings. The number of anilines is 1. The summed E-state index contributed by atoms with van der Waals surface area (Å²) in [6, 6.07) is 4.80. The average Bonchev–Trinajstić information content (AvgIpc) is 2.55. The highest BCUT2D eigenvalue weighted by Crippen LogP contribution is 2.33. The third kappa shape index (κ3) is 3.89. The molecule has 6 nitrogen and oxygen atoms in total. The van der Waals surface area contributed by atoms with Crippen LogP contribution in [0.4, 0.5) is 5.69 Å². The molecule has 0 aromatic heterocycles. The topological polar surface area (TPSA) is 72.9 Å². The molecule has 0 bridgehead atoms. The number of ether oxygens (including phenoxy) is 2. The van der Waals surface area contributed by atoms with Crippen LogP contribution in [-0.4, -0.2) is 37.4 Å². The number of amides is 1. The summed E-state index contributed by atoms with van der Waals surface area (Å²) in [5, 5.41) is 0. The molecule has 0 saturated carbocycles. The fraction of sp³-hybridized carbons (Fsp3) is 0.353. The van der Waals surface area contributed by atoms with Gasteiger partial charge in [-0.3, -0.25) is 19.3 Å². The van der Waals surface area contributed by atoms with E-state index < -0.39 is 5.97 Å². The SMILES string of the molecule is C#CCN1C(=O)COc2ccc(C(=O)CCC(=O)OCC)cc21. The van der Waals surface area contributed by atoms with Gasteiger partial charge in [0.1, 0.15) is 5.75 Å². The lowest BCUT2D eigenvalue weighted by Gasteiger charge is -2.28. The highest BCUT2D eigenvalue weighted by atomic mass is 16.5. The van der Waals surface area contributed by atoms with E-state index >= 15 is 0 Å². The third-order valence-corrected chi connectivity index (χ3v) is 3.33. The first-order valence-electron chi connectivity index (χ1n) is 7.26. The molecule has 1 amide bonds. The first-order valence-corrected chi connectivity index (χ1v) is 7.26. The summed E-state index contributed by atoms with van der Waals surface area (Å²) in [5.74, 6) is 2.04. The Morgan fingerprint density at radius 1 is 1.39 bits per heavy atom. The lowest BCUT2D eigenvalue weighted by Crippen LogP contribution is -2.39. The molecule has 1 aromatic carbocycles. The van der Waals surface area contributed by atoms with Crippen LogP contribution in [-0.2, 0) is 14.3 Å². The second-order valence-corrected chi connectivity index (χ2v) is 4.88. The van der Waals surface area contributed by atoms with E-state index in [9.17, 15) is 14.4 Å². The van der Waals surface area contributed by atoms with Gasteiger partial charge in [0.05, 0.1) is 25.3 Å². The zero-order valence-corrected chi connectivity index (χ0v) is 12.8. The minimum absolute atomic E-state index is 0.0211. The maximum atomic E-state index is 12.2. The normalized spacial score (nSPS) is 12.9. The zero-order valence-electron chi connectivity index (χ0n) is 12.8. The summed E-state index contributed by atoms with van der Waals surface area (Å²) >= 11 is 0. The number of rotatable bonds is 6. The first-order chi connectivity index (χ1) is 11.1. The van der Waals surface area contributed by atoms with Gasteiger partial charge in [0.2, 0.25) is 0 Å². The summed E-state index contributed by atoms with van der Waals surface area (Å²) in [7, 11) is 0. The number of nitrogens with zero attached hydrogens (tertiary/aromatic N) is 1. The van der Waals surface area contributed by atoms with Crippen molar-refractivity contribution in [1.29, 1.82) is 0 Å². The molecule has 0 spiro atoms. The smallest absolute Gasteiger partial charge is 0.306 e. The van der Waals surface area contributed by atoms with Crippen LogP contribution < -0.4 is 9.64 Å². The second-order valence-electron chi connectivity index (χ2n) is 4.88. The number of esters is 1. The number of Topliss-reactive ketones (excluding diaryl/α,β-unsaturated/α-hetero) is 1. The molecule has 2 rings (SSSR count). The minimum atomic E-state index is -0.411. The van der Waals surface area contributed by atoms with Crippen LogP contribution in [0.2, 0.25) is 0 Å². The second kappa shape index (κ2) is 7.45. The highest BCUT2D eigenvalue weighted by Gasteiger charge is 2.26. The van der Waals surface area contributed by atoms with Crippen molar-refractivity contribution in [3.05, 3.63) is 23.8 Å². The summed E-state index contributed by atoms with van der Waals surface area (Å²) < 4.78 is 10.1. The first kappa shape index (κ1) is 16.6. The molecule has 0 unspecified atom stereocenters. The predicted molar refractivity (Wildman–Crippen MR) is 83.3 cm³/mol. The Bertz CT molecular complexity index is 674. The molecule has 1 aliphatic heterocycles. The van der Waals surface area contributed by atoms with Crippen LogP contribution in [0.5, 0.6) is 5.75 Å². The van der Waals surface area contributed by atoms with Crippen LogP contribution in [0.15, 0.2) is 18.2 Å². The summed E-state index contributed by atoms with van der Waals surface area (Å²) in [6.07, 6.45) is 5.35. The third-order valence-electron chi connectivity index (χ3n) is 3.33. The summed E-state index contributed by atoms with van der Waals surface area (Å²) in [6.45, 7) is 2.02. The number of hydrogen-bond donors (Lipinski definition) is 0. The van der Waals surface area contributed by atoms with Crippen molar-refractivity contribution in [2.75, 3.05) is 24.7 Å². The van der Waals surface area contributed by atoms with Crippen LogP contribution in [0.1, 0.15) is 30.1 Å². The molecule has 0 atom stereocenters. The number of terminal acetylenes is 1. The Balaban J connectivity index is 2.16. The Kier molecular flexibility index (Phi) is 5.36. The van der Waals surface area contributed by atoms with Crippen molar-refractivity contribution in [3.8, 4) is 18.1 Å². The van der Waals surface area contributed by atoms with Gasteiger partial charge in [-0.05, 0) is 25.1 Å². The van der Waals surface area contributed by atoms with Crippen LogP contribution >= 0.6 is 0 Å². The van der Waals surface area contributed by atoms with E-state index in [0.717, 1.165) is 0 Å². The molecule has 6 heteroatoms. The molecule has 0 N–H and O–H groups in total. The van der Waals surface area contributed by atoms with Crippen molar-refractivity contribution >= 4 is 23.3 Å². The van der Waals surface area contributed by atoms with Crippen molar-refractivity contribution in [1.82, 2.24) is 0 Å². The number of hydrogen-bond acceptors (Lipinski definition) is 5. The van der Waals surface area contributed by atoms with E-state index in [1.54, 1.807) is 25.1 Å². The lowest BCUT2D eigenvalue weighted by molar-refractivity contribution is -0.143. The Hall–Kier alpha value is -2.81. The van der Waals surface area contributed by atoms with Crippen molar-refractivity contribution in [2.24, 2.45) is 0 Å². The number of carbonyl (C=O) groups excluding carboxylic acids is 3. The fourth-order valence-electron chi connectivity index (χ4n) is 2.23. The molecule has 0 aliphatic carbocycles. The monoisotopic (exact) mass is 315 g/mol. The fourth-order valence-corrected chi connectivity index (χ4v) is 2.23. The minimum Gasteiger partial charge on any atom is -0.482 e. The molecule has 120 valence electrons. The summed E-state index contributed by atoms with van der Waals surface area (Å²) in [4.78, 5) is 36.8. The van der Waals surface area contributed by atoms with Crippen molar-refractivity contribution in [2.45, 2.75) is 19.8 Å². The molecule has 1 aromatic rings. The molecule has 0 saturated heterocycles. The largest absolute Gasteiger partial charge is 0.482 e. The van der Waals surface area contributed by atoms with Crippen LogP contribution in [0.25, 0.3) is 0 Å². The van der Waals surface area contributed by atoms with Crippen molar-refractivity contribution in [3.63, 3.8) is 0 Å². The van der Waals surface area contributed by atoms with Gasteiger partial charge in [-0.15, -0.1) is 6.42 Å². The molecular weight excluding hydrogens is 298 g/mol. The molecule has 23 heavy (non-hydrogen) atoms. The van der Waals surface area contributed by atoms with Gasteiger partial charge >= 0.3 is 5.97 Å². The van der Waals surface area contributed by atoms with E-state index in [1.165, 1.54) is 4.90 Å². The number of benzene rings is 1. The van der Waals surface area contributed by atoms with Crippen LogP contribution in [0, 0.1) is 12.3 Å². The van der Waals surface area contributed by atoms with Gasteiger partial charge in [-0.1, -0.05) is 5.92 Å². The van der Waals surface area contributed by atoms with Crippen molar-refractivity contribution < 1.29 is 23.9 Å². The van der Waals surface area contributed by atoms with Gasteiger partial charge in [-0.2, -0.15) is 0 Å². The Morgan fingerprint density at radius 2 is 2.17 bits per heavy atom. The van der Waals surface area contributed by atoms with Gasteiger partial charge in [0.25, 0.3) is 5.91 Å². The van der Waals surface area contributed by atoms with Gasteiger partial charge in [0, 0.05) is 12.0 Å². The zero-order chi connectivity index (χ0) is 16.8. The Morgan fingerprint density at radius 3 is 2.87 bits per heavy atom. The van der Waals surface area contributed by atoms with E-state index in [2.05, 4.69) is 5.92 Å². The van der Waals surface area contributed by atoms with E-state index in [4.69, 9.17) is 15.9 Å². The van der Waals surface area contributed by atoms with E-state index in [1.807, 2.05) is 0 Å². The van der Waals surface area contributed by atoms with E-state index in [-0.39, 0.29) is 44.3 Å². The van der Waals surface area contributed by atoms with Gasteiger partial charge < -0.3 is 9.47 Å². The molecule has 0 fully saturated rings. The number of ketones is 1. The Labute approximate surface area is 134 Å². The predicted octanol–water partition coefficient (Wildman–Crippen LogP) is 1.57. The standard InChI is InChI=1S/C17H17NO5/c1-3-9-18-13-10-12(5-7-15(13)23-11-16(18)20)14(19)6-8-17(21)22-4-2/h1,5,7,10H,4,6,8-9,11H2,2H3. The van der Waals surface area contributed by atoms with E-state index in [0.29, 0.717) is 17.0 Å². The molecular formula is C17H17NO5. The molecule has 1 heterocycles. The lowest BCUT2D eigenvalue weighted by atomic mass is 10.0. The van der Waals surface area contributed by atoms with Gasteiger partial charge in [-0.25, -0.2) is 0 Å².